The molecule has 0 aromatic rings. The Labute approximate surface area is 90.7 Å². The molecule has 0 atom stereocenters. The van der Waals surface area contributed by atoms with Crippen LogP contribution >= 0.6 is 0 Å². The SMILES string of the molecule is C.C.C[N-]CC(C)(C)C.[U]. The molecular formula is C8H22NU-. The van der Waals surface area contributed by atoms with Crippen molar-refractivity contribution >= 4 is 0 Å². The first-order chi connectivity index (χ1) is 3.06. The van der Waals surface area contributed by atoms with Gasteiger partial charge in [0.15, 0.2) is 0 Å². The van der Waals surface area contributed by atoms with Crippen LogP contribution in [0.2, 0.25) is 0 Å². The second-order valence-corrected chi connectivity index (χ2v) is 3.04. The first-order valence-electron chi connectivity index (χ1n) is 2.62. The molecule has 0 N–H and O–H groups in total. The summed E-state index contributed by atoms with van der Waals surface area (Å²) in [6.07, 6.45) is 0. The predicted molar refractivity (Wildman–Crippen MR) is 47.1 cm³/mol. The van der Waals surface area contributed by atoms with E-state index in [1.807, 2.05) is 7.05 Å². The molecule has 64 valence electrons. The zero-order chi connectivity index (χ0) is 5.91. The molecule has 0 fully saturated rings. The summed E-state index contributed by atoms with van der Waals surface area (Å²) in [6.45, 7) is 7.51. The summed E-state index contributed by atoms with van der Waals surface area (Å²) in [5, 5.41) is 4.01. The van der Waals surface area contributed by atoms with Crippen LogP contribution in [-0.2, 0) is 0 Å². The third-order valence-electron chi connectivity index (χ3n) is 0.632. The van der Waals surface area contributed by atoms with E-state index in [0.29, 0.717) is 5.41 Å². The first kappa shape index (κ1) is 22.5. The summed E-state index contributed by atoms with van der Waals surface area (Å²) >= 11 is 0. The van der Waals surface area contributed by atoms with E-state index in [1.54, 1.807) is 0 Å². The molecule has 0 aromatic carbocycles. The van der Waals surface area contributed by atoms with Crippen molar-refractivity contribution in [2.24, 2.45) is 5.41 Å². The molecule has 0 aliphatic rings. The van der Waals surface area contributed by atoms with E-state index in [1.165, 1.54) is 0 Å². The van der Waals surface area contributed by atoms with E-state index in [-0.39, 0.29) is 46.0 Å². The number of hydrogen-bond donors (Lipinski definition) is 0. The number of rotatable bonds is 1. The maximum absolute atomic E-state index is 4.01. The molecule has 0 amide bonds. The van der Waals surface area contributed by atoms with E-state index >= 15 is 0 Å². The predicted octanol–water partition coefficient (Wildman–Crippen LogP) is 3.31. The average Bonchev–Trinajstić information content (AvgIpc) is 1.30. The minimum Gasteiger partial charge on any atom is -0.665 e. The normalized spacial score (nSPS) is 8.40. The van der Waals surface area contributed by atoms with Crippen molar-refractivity contribution < 1.29 is 31.1 Å². The third kappa shape index (κ3) is 23.0. The molecule has 0 radical (unpaired) electrons. The molecule has 0 aliphatic carbocycles. The van der Waals surface area contributed by atoms with Crippen molar-refractivity contribution in [3.05, 3.63) is 5.32 Å². The van der Waals surface area contributed by atoms with Crippen molar-refractivity contribution in [3.8, 4) is 0 Å². The molecule has 0 aromatic heterocycles. The third-order valence-corrected chi connectivity index (χ3v) is 0.632. The molecule has 0 bridgehead atoms. The molecule has 0 unspecified atom stereocenters. The summed E-state index contributed by atoms with van der Waals surface area (Å²) in [5.74, 6) is 0. The molecule has 1 nitrogen and oxygen atoms in total. The van der Waals surface area contributed by atoms with Crippen molar-refractivity contribution in [2.45, 2.75) is 35.6 Å². The maximum Gasteiger partial charge on any atom is 0 e. The first-order valence-corrected chi connectivity index (χ1v) is 2.62. The Hall–Kier alpha value is 1.01. The minimum atomic E-state index is 0. The summed E-state index contributed by atoms with van der Waals surface area (Å²) in [7, 11) is 1.85. The largest absolute Gasteiger partial charge is 0.665 e. The van der Waals surface area contributed by atoms with Crippen LogP contribution in [0.1, 0.15) is 35.6 Å². The quantitative estimate of drug-likeness (QED) is 0.673. The topological polar surface area (TPSA) is 14.1 Å². The van der Waals surface area contributed by atoms with Gasteiger partial charge in [-0.25, -0.2) is 0 Å². The smallest absolute Gasteiger partial charge is 0 e. The van der Waals surface area contributed by atoms with E-state index in [4.69, 9.17) is 0 Å². The monoisotopic (exact) mass is 370 g/mol. The Morgan fingerprint density at radius 1 is 1.10 bits per heavy atom. The molecule has 0 saturated heterocycles. The fourth-order valence-corrected chi connectivity index (χ4v) is 0.474. The second kappa shape index (κ2) is 10.0. The summed E-state index contributed by atoms with van der Waals surface area (Å²) in [4.78, 5) is 0. The van der Waals surface area contributed by atoms with Crippen LogP contribution in [0.4, 0.5) is 0 Å². The second-order valence-electron chi connectivity index (χ2n) is 3.04. The summed E-state index contributed by atoms with van der Waals surface area (Å²) < 4.78 is 0. The molecule has 0 spiro atoms. The van der Waals surface area contributed by atoms with Gasteiger partial charge in [-0.3, -0.25) is 0 Å². The Bertz CT molecular complexity index is 47.7. The van der Waals surface area contributed by atoms with Gasteiger partial charge in [0.1, 0.15) is 0 Å². The van der Waals surface area contributed by atoms with Gasteiger partial charge < -0.3 is 5.32 Å². The molecule has 0 aliphatic heterocycles. The molecule has 2 heteroatoms. The Morgan fingerprint density at radius 3 is 1.40 bits per heavy atom. The Balaban J connectivity index is -0.0000000600. The number of nitrogens with zero attached hydrogens (tertiary/aromatic N) is 1. The van der Waals surface area contributed by atoms with Gasteiger partial charge >= 0.3 is 0 Å². The fraction of sp³-hybridized carbons (Fsp3) is 1.00. The van der Waals surface area contributed by atoms with Gasteiger partial charge in [-0.1, -0.05) is 41.0 Å². The Kier molecular flexibility index (Phi) is 22.5. The van der Waals surface area contributed by atoms with Crippen LogP contribution in [0.15, 0.2) is 0 Å². The fourth-order valence-electron chi connectivity index (χ4n) is 0.474. The maximum atomic E-state index is 4.01. The van der Waals surface area contributed by atoms with Crippen molar-refractivity contribution in [3.63, 3.8) is 0 Å². The van der Waals surface area contributed by atoms with Crippen LogP contribution in [-0.4, -0.2) is 13.6 Å². The standard InChI is InChI=1S/C6H14N.2CH4.U/c1-6(2,3)5-7-4;;;/h5H2,1-4H3;2*1H4;/q-1;;;. The molecule has 0 heterocycles. The van der Waals surface area contributed by atoms with Gasteiger partial charge in [0.05, 0.1) is 0 Å². The number of hydrogen-bond acceptors (Lipinski definition) is 0. The van der Waals surface area contributed by atoms with Crippen molar-refractivity contribution in [1.29, 1.82) is 0 Å². The van der Waals surface area contributed by atoms with E-state index in [0.717, 1.165) is 6.54 Å². The van der Waals surface area contributed by atoms with Crippen molar-refractivity contribution in [1.82, 2.24) is 0 Å². The van der Waals surface area contributed by atoms with Gasteiger partial charge in [0.25, 0.3) is 0 Å². The van der Waals surface area contributed by atoms with Gasteiger partial charge in [-0.2, -0.15) is 7.05 Å². The molecular weight excluding hydrogens is 348 g/mol. The summed E-state index contributed by atoms with van der Waals surface area (Å²) in [6, 6.07) is 0. The van der Waals surface area contributed by atoms with Gasteiger partial charge in [0.2, 0.25) is 0 Å². The average molecular weight is 370 g/mol. The van der Waals surface area contributed by atoms with Crippen LogP contribution in [0, 0.1) is 36.5 Å². The van der Waals surface area contributed by atoms with Gasteiger partial charge in [-0.05, 0) is 0 Å². The van der Waals surface area contributed by atoms with Crippen molar-refractivity contribution in [2.75, 3.05) is 13.6 Å². The summed E-state index contributed by atoms with van der Waals surface area (Å²) in [5.41, 5.74) is 0.384. The van der Waals surface area contributed by atoms with Crippen LogP contribution in [0.25, 0.3) is 5.32 Å². The van der Waals surface area contributed by atoms with Crippen LogP contribution in [0.5, 0.6) is 0 Å². The van der Waals surface area contributed by atoms with Gasteiger partial charge in [-0.15, -0.1) is 6.54 Å². The molecule has 0 saturated carbocycles. The van der Waals surface area contributed by atoms with Crippen LogP contribution < -0.4 is 0 Å². The molecule has 0 rings (SSSR count). The van der Waals surface area contributed by atoms with E-state index in [9.17, 15) is 0 Å². The van der Waals surface area contributed by atoms with E-state index < -0.39 is 0 Å². The zero-order valence-corrected chi connectivity index (χ0v) is 10.3. The minimum absolute atomic E-state index is 0. The van der Waals surface area contributed by atoms with Gasteiger partial charge in [0, 0.05) is 31.1 Å². The van der Waals surface area contributed by atoms with Crippen LogP contribution in [0.3, 0.4) is 0 Å². The van der Waals surface area contributed by atoms with E-state index in [2.05, 4.69) is 26.1 Å². The zero-order valence-electron chi connectivity index (χ0n) is 6.15. The Morgan fingerprint density at radius 2 is 1.40 bits per heavy atom. The molecule has 10 heavy (non-hydrogen) atoms.